The third-order valence-electron chi connectivity index (χ3n) is 5.05. The molecule has 0 aromatic heterocycles. The van der Waals surface area contributed by atoms with Gasteiger partial charge in [-0.3, -0.25) is 19.3 Å². The first kappa shape index (κ1) is 18.4. The largest absolute Gasteiger partial charge is 0.482 e. The lowest BCUT2D eigenvalue weighted by Gasteiger charge is -2.35. The first-order chi connectivity index (χ1) is 12.4. The average Bonchev–Trinajstić information content (AvgIpc) is 2.62. The fourth-order valence-electron chi connectivity index (χ4n) is 3.47. The van der Waals surface area contributed by atoms with Crippen molar-refractivity contribution in [3.63, 3.8) is 0 Å². The predicted molar refractivity (Wildman–Crippen MR) is 95.3 cm³/mol. The Morgan fingerprint density at radius 2 is 1.96 bits per heavy atom. The summed E-state index contributed by atoms with van der Waals surface area (Å²) in [5, 5.41) is 12.6. The summed E-state index contributed by atoms with van der Waals surface area (Å²) in [4.78, 5) is 38.2. The van der Waals surface area contributed by atoms with E-state index in [-0.39, 0.29) is 36.4 Å². The summed E-state index contributed by atoms with van der Waals surface area (Å²) >= 11 is 0. The van der Waals surface area contributed by atoms with Crippen molar-refractivity contribution in [1.29, 1.82) is 0 Å². The summed E-state index contributed by atoms with van der Waals surface area (Å²) < 4.78 is 5.43. The predicted octanol–water partition coefficient (Wildman–Crippen LogP) is 1.42. The topological polar surface area (TPSA) is 95.9 Å². The normalized spacial score (nSPS) is 23.7. The number of fused-ring (bicyclic) bond motifs is 1. The van der Waals surface area contributed by atoms with Gasteiger partial charge in [0, 0.05) is 11.6 Å². The molecule has 1 aliphatic heterocycles. The number of hydrogen-bond acceptors (Lipinski definition) is 5. The van der Waals surface area contributed by atoms with Crippen molar-refractivity contribution in [2.24, 2.45) is 0 Å². The zero-order valence-electron chi connectivity index (χ0n) is 15.0. The minimum Gasteiger partial charge on any atom is -0.482 e. The summed E-state index contributed by atoms with van der Waals surface area (Å²) in [6.07, 6.45) is 2.49. The average molecular weight is 360 g/mol. The number of Topliss-reactive ketones (excluding diaryl/α,β-unsaturated/α-hetero) is 1. The Kier molecular flexibility index (Phi) is 5.27. The van der Waals surface area contributed by atoms with E-state index in [9.17, 15) is 19.5 Å². The lowest BCUT2D eigenvalue weighted by Crippen LogP contribution is -2.53. The van der Waals surface area contributed by atoms with E-state index in [0.29, 0.717) is 29.8 Å². The zero-order chi connectivity index (χ0) is 18.8. The van der Waals surface area contributed by atoms with Crippen molar-refractivity contribution < 1.29 is 24.2 Å². The second-order valence-corrected chi connectivity index (χ2v) is 6.98. The van der Waals surface area contributed by atoms with Crippen LogP contribution in [0.2, 0.25) is 0 Å². The molecule has 1 saturated carbocycles. The second kappa shape index (κ2) is 7.45. The second-order valence-electron chi connectivity index (χ2n) is 6.98. The number of carbonyl (C=O) groups is 3. The maximum absolute atomic E-state index is 12.7. The van der Waals surface area contributed by atoms with Crippen LogP contribution in [-0.4, -0.2) is 47.5 Å². The molecule has 1 aliphatic carbocycles. The standard InChI is InChI=1S/C19H24N2O5/c1-11(19(25)20-14-4-6-15(23)7-5-14)21-16-9-13(12(2)22)3-8-17(16)26-10-18(21)24/h3,8-9,11,14-15,23H,4-7,10H2,1-2H3,(H,20,25). The summed E-state index contributed by atoms with van der Waals surface area (Å²) in [5.41, 5.74) is 0.900. The molecule has 0 bridgehead atoms. The minimum atomic E-state index is -0.723. The number of ketones is 1. The van der Waals surface area contributed by atoms with E-state index < -0.39 is 6.04 Å². The molecule has 0 spiro atoms. The van der Waals surface area contributed by atoms with Crippen molar-refractivity contribution in [1.82, 2.24) is 5.32 Å². The van der Waals surface area contributed by atoms with Crippen LogP contribution in [0.4, 0.5) is 5.69 Å². The van der Waals surface area contributed by atoms with E-state index >= 15 is 0 Å². The highest BCUT2D eigenvalue weighted by atomic mass is 16.5. The Balaban J connectivity index is 1.79. The van der Waals surface area contributed by atoms with Crippen molar-refractivity contribution in [3.8, 4) is 5.75 Å². The molecule has 7 heteroatoms. The molecule has 0 radical (unpaired) electrons. The van der Waals surface area contributed by atoms with Crippen LogP contribution in [0.5, 0.6) is 5.75 Å². The smallest absolute Gasteiger partial charge is 0.265 e. The van der Waals surface area contributed by atoms with Crippen molar-refractivity contribution in [2.45, 2.75) is 57.7 Å². The van der Waals surface area contributed by atoms with Gasteiger partial charge >= 0.3 is 0 Å². The Labute approximate surface area is 152 Å². The van der Waals surface area contributed by atoms with Gasteiger partial charge in [0.05, 0.1) is 11.8 Å². The maximum atomic E-state index is 12.7. The number of carbonyl (C=O) groups excluding carboxylic acids is 3. The number of hydrogen-bond donors (Lipinski definition) is 2. The number of nitrogens with one attached hydrogen (secondary N) is 1. The van der Waals surface area contributed by atoms with E-state index in [1.54, 1.807) is 25.1 Å². The molecule has 3 rings (SSSR count). The summed E-state index contributed by atoms with van der Waals surface area (Å²) in [7, 11) is 0. The quantitative estimate of drug-likeness (QED) is 0.792. The highest BCUT2D eigenvalue weighted by molar-refractivity contribution is 6.05. The first-order valence-electron chi connectivity index (χ1n) is 8.95. The number of rotatable bonds is 4. The number of amides is 2. The van der Waals surface area contributed by atoms with Crippen LogP contribution in [-0.2, 0) is 9.59 Å². The van der Waals surface area contributed by atoms with Gasteiger partial charge in [0.2, 0.25) is 5.91 Å². The van der Waals surface area contributed by atoms with Gasteiger partial charge in [-0.1, -0.05) is 0 Å². The van der Waals surface area contributed by atoms with Crippen LogP contribution < -0.4 is 15.0 Å². The van der Waals surface area contributed by atoms with Gasteiger partial charge in [0.1, 0.15) is 11.8 Å². The van der Waals surface area contributed by atoms with Crippen LogP contribution in [0.3, 0.4) is 0 Å². The number of benzene rings is 1. The fourth-order valence-corrected chi connectivity index (χ4v) is 3.47. The molecule has 1 unspecified atom stereocenters. The Bertz CT molecular complexity index is 725. The van der Waals surface area contributed by atoms with Gasteiger partial charge in [-0.05, 0) is 57.7 Å². The molecule has 1 fully saturated rings. The van der Waals surface area contributed by atoms with E-state index in [1.807, 2.05) is 0 Å². The molecule has 1 heterocycles. The number of nitrogens with zero attached hydrogens (tertiary/aromatic N) is 1. The highest BCUT2D eigenvalue weighted by Crippen LogP contribution is 2.34. The van der Waals surface area contributed by atoms with E-state index in [2.05, 4.69) is 5.32 Å². The molecule has 2 aliphatic rings. The summed E-state index contributed by atoms with van der Waals surface area (Å²) in [5.74, 6) is -0.209. The molecule has 0 saturated heterocycles. The fraction of sp³-hybridized carbons (Fsp3) is 0.526. The minimum absolute atomic E-state index is 0.00696. The van der Waals surface area contributed by atoms with Gasteiger partial charge in [0.25, 0.3) is 5.91 Å². The SMILES string of the molecule is CC(=O)c1ccc2c(c1)N(C(C)C(=O)NC1CCC(O)CC1)C(=O)CO2. The molecular weight excluding hydrogens is 336 g/mol. The molecule has 7 nitrogen and oxygen atoms in total. The molecule has 1 atom stereocenters. The summed E-state index contributed by atoms with van der Waals surface area (Å²) in [6.45, 7) is 2.98. The van der Waals surface area contributed by atoms with Crippen LogP contribution in [0, 0.1) is 0 Å². The van der Waals surface area contributed by atoms with Crippen LogP contribution in [0.15, 0.2) is 18.2 Å². The maximum Gasteiger partial charge on any atom is 0.265 e. The van der Waals surface area contributed by atoms with Crippen molar-refractivity contribution >= 4 is 23.3 Å². The first-order valence-corrected chi connectivity index (χ1v) is 8.95. The molecule has 26 heavy (non-hydrogen) atoms. The van der Waals surface area contributed by atoms with E-state index in [4.69, 9.17) is 4.74 Å². The third kappa shape index (κ3) is 3.72. The molecule has 1 aromatic rings. The molecule has 2 N–H and O–H groups in total. The van der Waals surface area contributed by atoms with Gasteiger partial charge < -0.3 is 15.2 Å². The van der Waals surface area contributed by atoms with E-state index in [0.717, 1.165) is 12.8 Å². The molecular formula is C19H24N2O5. The zero-order valence-corrected chi connectivity index (χ0v) is 15.0. The van der Waals surface area contributed by atoms with Gasteiger partial charge in [-0.2, -0.15) is 0 Å². The van der Waals surface area contributed by atoms with E-state index in [1.165, 1.54) is 11.8 Å². The van der Waals surface area contributed by atoms with Gasteiger partial charge in [0.15, 0.2) is 12.4 Å². The van der Waals surface area contributed by atoms with Crippen LogP contribution in [0.1, 0.15) is 49.9 Å². The Hall–Kier alpha value is -2.41. The number of ether oxygens (including phenoxy) is 1. The number of anilines is 1. The number of aliphatic hydroxyl groups excluding tert-OH is 1. The molecule has 140 valence electrons. The lowest BCUT2D eigenvalue weighted by molar-refractivity contribution is -0.128. The van der Waals surface area contributed by atoms with Gasteiger partial charge in [-0.25, -0.2) is 0 Å². The highest BCUT2D eigenvalue weighted by Gasteiger charge is 2.34. The lowest BCUT2D eigenvalue weighted by atomic mass is 9.93. The van der Waals surface area contributed by atoms with Crippen molar-refractivity contribution in [2.75, 3.05) is 11.5 Å². The number of aliphatic hydroxyl groups is 1. The Morgan fingerprint density at radius 1 is 1.27 bits per heavy atom. The molecule has 1 aromatic carbocycles. The van der Waals surface area contributed by atoms with Crippen molar-refractivity contribution in [3.05, 3.63) is 23.8 Å². The monoisotopic (exact) mass is 360 g/mol. The Morgan fingerprint density at radius 3 is 2.62 bits per heavy atom. The summed E-state index contributed by atoms with van der Waals surface area (Å²) in [6, 6.07) is 4.17. The third-order valence-corrected chi connectivity index (χ3v) is 5.05. The van der Waals surface area contributed by atoms with Crippen LogP contribution >= 0.6 is 0 Å². The molecule has 2 amide bonds. The van der Waals surface area contributed by atoms with Crippen LogP contribution in [0.25, 0.3) is 0 Å². The van der Waals surface area contributed by atoms with Gasteiger partial charge in [-0.15, -0.1) is 0 Å².